The van der Waals surface area contributed by atoms with Crippen LogP contribution in [0.3, 0.4) is 0 Å². The monoisotopic (exact) mass is 402 g/mol. The lowest BCUT2D eigenvalue weighted by molar-refractivity contribution is -0.155. The fourth-order valence-electron chi connectivity index (χ4n) is 3.83. The Morgan fingerprint density at radius 2 is 2.00 bits per heavy atom. The highest BCUT2D eigenvalue weighted by Gasteiger charge is 2.30. The van der Waals surface area contributed by atoms with Crippen LogP contribution in [-0.4, -0.2) is 43.1 Å². The molecule has 1 aromatic rings. The van der Waals surface area contributed by atoms with Crippen molar-refractivity contribution in [1.82, 2.24) is 5.32 Å². The van der Waals surface area contributed by atoms with E-state index in [0.717, 1.165) is 38.5 Å². The van der Waals surface area contributed by atoms with Crippen LogP contribution in [0, 0.1) is 0 Å². The maximum atomic E-state index is 12.7. The van der Waals surface area contributed by atoms with Crippen molar-refractivity contribution >= 4 is 23.5 Å². The zero-order valence-corrected chi connectivity index (χ0v) is 17.0. The molecule has 1 N–H and O–H groups in total. The van der Waals surface area contributed by atoms with E-state index in [2.05, 4.69) is 5.32 Å². The van der Waals surface area contributed by atoms with Gasteiger partial charge in [-0.25, -0.2) is 0 Å². The number of para-hydroxylation sites is 2. The molecular formula is C22H30N2O5. The van der Waals surface area contributed by atoms with Crippen LogP contribution in [0.4, 0.5) is 5.69 Å². The second-order valence-electron chi connectivity index (χ2n) is 7.70. The van der Waals surface area contributed by atoms with Gasteiger partial charge in [-0.05, 0) is 37.8 Å². The van der Waals surface area contributed by atoms with E-state index in [1.165, 1.54) is 11.3 Å². The summed E-state index contributed by atoms with van der Waals surface area (Å²) < 4.78 is 10.9. The van der Waals surface area contributed by atoms with Crippen molar-refractivity contribution in [2.24, 2.45) is 0 Å². The van der Waals surface area contributed by atoms with Crippen molar-refractivity contribution < 1.29 is 23.9 Å². The van der Waals surface area contributed by atoms with Crippen molar-refractivity contribution in [2.45, 2.75) is 70.4 Å². The lowest BCUT2D eigenvalue weighted by atomic mass is 9.95. The maximum Gasteiger partial charge on any atom is 0.326 e. The number of amides is 2. The molecule has 7 heteroatoms. The van der Waals surface area contributed by atoms with E-state index in [9.17, 15) is 14.4 Å². The number of hydrogen-bond donors (Lipinski definition) is 1. The molecule has 1 aromatic carbocycles. The van der Waals surface area contributed by atoms with Gasteiger partial charge >= 0.3 is 5.97 Å². The number of carbonyl (C=O) groups excluding carboxylic acids is 3. The molecule has 1 atom stereocenters. The zero-order valence-electron chi connectivity index (χ0n) is 17.0. The van der Waals surface area contributed by atoms with E-state index >= 15 is 0 Å². The third-order valence-corrected chi connectivity index (χ3v) is 5.43. The highest BCUT2D eigenvalue weighted by atomic mass is 16.5. The van der Waals surface area contributed by atoms with Crippen molar-refractivity contribution in [2.75, 3.05) is 18.1 Å². The van der Waals surface area contributed by atoms with Crippen LogP contribution in [-0.2, 0) is 19.1 Å². The SMILES string of the molecule is CCCC[C@@H](OC(=O)CN1C(=O)COc2ccccc21)C(=O)NC1CCCCC1. The van der Waals surface area contributed by atoms with E-state index in [1.54, 1.807) is 18.2 Å². The molecular weight excluding hydrogens is 372 g/mol. The minimum Gasteiger partial charge on any atom is -0.482 e. The first-order valence-electron chi connectivity index (χ1n) is 10.6. The van der Waals surface area contributed by atoms with Gasteiger partial charge < -0.3 is 14.8 Å². The van der Waals surface area contributed by atoms with Gasteiger partial charge in [0.05, 0.1) is 5.69 Å². The third-order valence-electron chi connectivity index (χ3n) is 5.43. The molecule has 0 spiro atoms. The molecule has 0 aromatic heterocycles. The number of ether oxygens (including phenoxy) is 2. The van der Waals surface area contributed by atoms with Crippen LogP contribution in [0.1, 0.15) is 58.3 Å². The number of hydrogen-bond acceptors (Lipinski definition) is 5. The molecule has 0 bridgehead atoms. The number of esters is 1. The van der Waals surface area contributed by atoms with Crippen LogP contribution in [0.2, 0.25) is 0 Å². The van der Waals surface area contributed by atoms with Gasteiger partial charge in [-0.1, -0.05) is 44.7 Å². The van der Waals surface area contributed by atoms with E-state index < -0.39 is 12.1 Å². The van der Waals surface area contributed by atoms with Crippen LogP contribution in [0.25, 0.3) is 0 Å². The molecule has 2 aliphatic rings. The first-order chi connectivity index (χ1) is 14.1. The smallest absolute Gasteiger partial charge is 0.326 e. The van der Waals surface area contributed by atoms with Crippen molar-refractivity contribution in [3.05, 3.63) is 24.3 Å². The number of rotatable bonds is 8. The molecule has 1 heterocycles. The molecule has 0 saturated heterocycles. The van der Waals surface area contributed by atoms with Gasteiger partial charge in [0, 0.05) is 6.04 Å². The average Bonchev–Trinajstić information content (AvgIpc) is 2.74. The largest absolute Gasteiger partial charge is 0.482 e. The van der Waals surface area contributed by atoms with Crippen molar-refractivity contribution in [3.63, 3.8) is 0 Å². The summed E-state index contributed by atoms with van der Waals surface area (Å²) in [6.45, 7) is 1.67. The summed E-state index contributed by atoms with van der Waals surface area (Å²) in [4.78, 5) is 38.9. The molecule has 1 saturated carbocycles. The summed E-state index contributed by atoms with van der Waals surface area (Å²) >= 11 is 0. The van der Waals surface area contributed by atoms with E-state index in [4.69, 9.17) is 9.47 Å². The van der Waals surface area contributed by atoms with Gasteiger partial charge in [0.1, 0.15) is 12.3 Å². The topological polar surface area (TPSA) is 84.9 Å². The first kappa shape index (κ1) is 21.1. The minimum absolute atomic E-state index is 0.119. The molecule has 0 radical (unpaired) electrons. The zero-order chi connectivity index (χ0) is 20.6. The quantitative estimate of drug-likeness (QED) is 0.676. The highest BCUT2D eigenvalue weighted by Crippen LogP contribution is 2.31. The van der Waals surface area contributed by atoms with Gasteiger partial charge in [-0.15, -0.1) is 0 Å². The Morgan fingerprint density at radius 3 is 2.76 bits per heavy atom. The number of anilines is 1. The summed E-state index contributed by atoms with van der Waals surface area (Å²) in [6.07, 6.45) is 6.72. The Hall–Kier alpha value is -2.57. The fraction of sp³-hybridized carbons (Fsp3) is 0.591. The standard InChI is InChI=1S/C22H30N2O5/c1-2-3-12-19(22(27)23-16-9-5-4-6-10-16)29-21(26)14-24-17-11-7-8-13-18(17)28-15-20(24)25/h7-8,11,13,16,19H,2-6,9-10,12,14-15H2,1H3,(H,23,27)/t19-/m1/s1. The summed E-state index contributed by atoms with van der Waals surface area (Å²) in [5, 5.41) is 3.04. The minimum atomic E-state index is -0.823. The maximum absolute atomic E-state index is 12.7. The Bertz CT molecular complexity index is 730. The number of nitrogens with one attached hydrogen (secondary N) is 1. The molecule has 1 aliphatic heterocycles. The summed E-state index contributed by atoms with van der Waals surface area (Å²) in [6, 6.07) is 7.22. The van der Waals surface area contributed by atoms with E-state index in [0.29, 0.717) is 17.9 Å². The predicted octanol–water partition coefficient (Wildman–Crippen LogP) is 2.96. The molecule has 0 unspecified atom stereocenters. The predicted molar refractivity (Wildman–Crippen MR) is 109 cm³/mol. The van der Waals surface area contributed by atoms with Gasteiger partial charge in [-0.3, -0.25) is 19.3 Å². The highest BCUT2D eigenvalue weighted by molar-refractivity contribution is 6.01. The molecule has 2 amide bonds. The first-order valence-corrected chi connectivity index (χ1v) is 10.6. The molecule has 7 nitrogen and oxygen atoms in total. The Labute approximate surface area is 171 Å². The third kappa shape index (κ3) is 5.71. The molecule has 29 heavy (non-hydrogen) atoms. The lowest BCUT2D eigenvalue weighted by Crippen LogP contribution is -2.46. The number of nitrogens with zero attached hydrogens (tertiary/aromatic N) is 1. The van der Waals surface area contributed by atoms with E-state index in [-0.39, 0.29) is 31.0 Å². The second-order valence-corrected chi connectivity index (χ2v) is 7.70. The van der Waals surface area contributed by atoms with Crippen LogP contribution >= 0.6 is 0 Å². The number of unbranched alkanes of at least 4 members (excludes halogenated alkanes) is 1. The number of fused-ring (bicyclic) bond motifs is 1. The summed E-state index contributed by atoms with van der Waals surface area (Å²) in [5.74, 6) is -0.572. The van der Waals surface area contributed by atoms with Crippen LogP contribution in [0.15, 0.2) is 24.3 Å². The van der Waals surface area contributed by atoms with Gasteiger partial charge in [-0.2, -0.15) is 0 Å². The Morgan fingerprint density at radius 1 is 1.24 bits per heavy atom. The number of carbonyl (C=O) groups is 3. The second kappa shape index (κ2) is 10.3. The van der Waals surface area contributed by atoms with Crippen molar-refractivity contribution in [1.29, 1.82) is 0 Å². The van der Waals surface area contributed by atoms with E-state index in [1.807, 2.05) is 13.0 Å². The Balaban J connectivity index is 1.62. The van der Waals surface area contributed by atoms with Crippen LogP contribution in [0.5, 0.6) is 5.75 Å². The van der Waals surface area contributed by atoms with Crippen molar-refractivity contribution in [3.8, 4) is 5.75 Å². The Kier molecular flexibility index (Phi) is 7.49. The number of benzene rings is 1. The normalized spacial score (nSPS) is 17.8. The van der Waals surface area contributed by atoms with Gasteiger partial charge in [0.25, 0.3) is 11.8 Å². The lowest BCUT2D eigenvalue weighted by Gasteiger charge is -2.29. The average molecular weight is 402 g/mol. The summed E-state index contributed by atoms with van der Waals surface area (Å²) in [5.41, 5.74) is 0.539. The van der Waals surface area contributed by atoms with Gasteiger partial charge in [0.15, 0.2) is 12.7 Å². The molecule has 1 aliphatic carbocycles. The fourth-order valence-corrected chi connectivity index (χ4v) is 3.83. The molecule has 158 valence electrons. The molecule has 1 fully saturated rings. The summed E-state index contributed by atoms with van der Waals surface area (Å²) in [7, 11) is 0. The molecule has 3 rings (SSSR count). The van der Waals surface area contributed by atoms with Crippen LogP contribution < -0.4 is 15.0 Å². The van der Waals surface area contributed by atoms with Gasteiger partial charge in [0.2, 0.25) is 0 Å².